The monoisotopic (exact) mass is 338 g/mol. The second-order valence-electron chi connectivity index (χ2n) is 4.90. The van der Waals surface area contributed by atoms with Crippen molar-refractivity contribution >= 4 is 34.8 Å². The summed E-state index contributed by atoms with van der Waals surface area (Å²) in [7, 11) is 0. The van der Waals surface area contributed by atoms with Crippen LogP contribution in [0.5, 0.6) is 0 Å². The molecule has 1 aliphatic heterocycles. The lowest BCUT2D eigenvalue weighted by Crippen LogP contribution is -2.33. The minimum atomic E-state index is -0.525. The largest absolute Gasteiger partial charge is 0.465 e. The van der Waals surface area contributed by atoms with Crippen molar-refractivity contribution in [1.29, 1.82) is 5.26 Å². The Labute approximate surface area is 141 Å². The fraction of sp³-hybridized carbons (Fsp3) is 0.0588. The number of amides is 2. The summed E-state index contributed by atoms with van der Waals surface area (Å²) < 4.78 is 5.12. The molecule has 1 aromatic carbocycles. The van der Waals surface area contributed by atoms with Gasteiger partial charge < -0.3 is 4.42 Å². The van der Waals surface area contributed by atoms with E-state index < -0.39 is 11.1 Å². The molecule has 118 valence electrons. The fourth-order valence-electron chi connectivity index (χ4n) is 2.10. The van der Waals surface area contributed by atoms with Gasteiger partial charge in [0.1, 0.15) is 5.76 Å². The third kappa shape index (κ3) is 3.14. The molecule has 0 bridgehead atoms. The van der Waals surface area contributed by atoms with Crippen LogP contribution in [-0.4, -0.2) is 28.4 Å². The van der Waals surface area contributed by atoms with E-state index in [1.54, 1.807) is 12.1 Å². The van der Waals surface area contributed by atoms with Gasteiger partial charge in [0, 0.05) is 11.6 Å². The fourth-order valence-corrected chi connectivity index (χ4v) is 2.92. The van der Waals surface area contributed by atoms with Gasteiger partial charge in [-0.3, -0.25) is 19.3 Å². The summed E-state index contributed by atoms with van der Waals surface area (Å²) in [6.45, 7) is -0.341. The van der Waals surface area contributed by atoms with Crippen LogP contribution in [0.15, 0.2) is 52.0 Å². The number of nitriles is 1. The van der Waals surface area contributed by atoms with Gasteiger partial charge in [-0.2, -0.15) is 5.26 Å². The summed E-state index contributed by atoms with van der Waals surface area (Å²) in [4.78, 5) is 37.6. The maximum absolute atomic E-state index is 12.3. The molecule has 7 heteroatoms. The van der Waals surface area contributed by atoms with Crippen LogP contribution in [0.1, 0.15) is 21.7 Å². The zero-order valence-corrected chi connectivity index (χ0v) is 13.1. The minimum absolute atomic E-state index is 0.211. The van der Waals surface area contributed by atoms with E-state index in [0.717, 1.165) is 16.7 Å². The zero-order chi connectivity index (χ0) is 17.1. The number of carbonyl (C=O) groups excluding carboxylic acids is 3. The Morgan fingerprint density at radius 3 is 2.62 bits per heavy atom. The van der Waals surface area contributed by atoms with Crippen LogP contribution < -0.4 is 0 Å². The van der Waals surface area contributed by atoms with E-state index in [2.05, 4.69) is 0 Å². The molecule has 3 rings (SSSR count). The molecule has 1 aromatic heterocycles. The van der Waals surface area contributed by atoms with Gasteiger partial charge in [-0.05, 0) is 36.0 Å². The van der Waals surface area contributed by atoms with Gasteiger partial charge >= 0.3 is 0 Å². The topological polar surface area (TPSA) is 91.4 Å². The molecule has 0 spiro atoms. The standard InChI is InChI=1S/C17H10N2O4S/c18-9-11-3-5-12(6-4-11)14(20)10-19-16(21)15(24-17(19)22)8-13-2-1-7-23-13/h1-8H,10H2/b15-8+. The van der Waals surface area contributed by atoms with E-state index in [1.807, 2.05) is 6.07 Å². The number of rotatable bonds is 4. The number of benzene rings is 1. The molecule has 1 aliphatic rings. The van der Waals surface area contributed by atoms with Crippen LogP contribution in [0.25, 0.3) is 6.08 Å². The molecule has 2 amide bonds. The van der Waals surface area contributed by atoms with Crippen molar-refractivity contribution in [2.75, 3.05) is 6.54 Å². The van der Waals surface area contributed by atoms with Gasteiger partial charge in [-0.1, -0.05) is 12.1 Å². The highest BCUT2D eigenvalue weighted by molar-refractivity contribution is 8.18. The normalized spacial score (nSPS) is 15.8. The van der Waals surface area contributed by atoms with Crippen molar-refractivity contribution in [1.82, 2.24) is 4.90 Å². The molecule has 0 saturated carbocycles. The molecule has 1 saturated heterocycles. The number of Topliss-reactive ketones (excluding diaryl/α,β-unsaturated/α-hetero) is 1. The van der Waals surface area contributed by atoms with E-state index in [4.69, 9.17) is 9.68 Å². The van der Waals surface area contributed by atoms with Crippen LogP contribution >= 0.6 is 11.8 Å². The molecule has 0 unspecified atom stereocenters. The lowest BCUT2D eigenvalue weighted by molar-refractivity contribution is -0.122. The first kappa shape index (κ1) is 15.8. The molecule has 2 aromatic rings. The first-order chi connectivity index (χ1) is 11.6. The summed E-state index contributed by atoms with van der Waals surface area (Å²) >= 11 is 0.767. The number of hydrogen-bond donors (Lipinski definition) is 0. The van der Waals surface area contributed by atoms with Crippen LogP contribution in [0, 0.1) is 11.3 Å². The summed E-state index contributed by atoms with van der Waals surface area (Å²) in [5.41, 5.74) is 0.766. The molecule has 0 radical (unpaired) electrons. The molecular formula is C17H10N2O4S. The number of hydrogen-bond acceptors (Lipinski definition) is 6. The maximum atomic E-state index is 12.3. The molecule has 1 fully saturated rings. The second-order valence-corrected chi connectivity index (χ2v) is 5.89. The quantitative estimate of drug-likeness (QED) is 0.628. The van der Waals surface area contributed by atoms with Gasteiger partial charge in [-0.15, -0.1) is 0 Å². The lowest BCUT2D eigenvalue weighted by Gasteiger charge is -2.11. The third-order valence-corrected chi connectivity index (χ3v) is 4.24. The first-order valence-electron chi connectivity index (χ1n) is 6.91. The second kappa shape index (κ2) is 6.56. The number of ketones is 1. The Morgan fingerprint density at radius 2 is 2.00 bits per heavy atom. The van der Waals surface area contributed by atoms with Gasteiger partial charge in [-0.25, -0.2) is 0 Å². The van der Waals surface area contributed by atoms with E-state index >= 15 is 0 Å². The van der Waals surface area contributed by atoms with Crippen molar-refractivity contribution in [3.63, 3.8) is 0 Å². The Bertz CT molecular complexity index is 876. The smallest absolute Gasteiger partial charge is 0.293 e. The molecule has 0 aliphatic carbocycles. The van der Waals surface area contributed by atoms with Crippen LogP contribution in [0.2, 0.25) is 0 Å². The van der Waals surface area contributed by atoms with Crippen molar-refractivity contribution in [2.45, 2.75) is 0 Å². The molecule has 0 atom stereocenters. The van der Waals surface area contributed by atoms with E-state index in [1.165, 1.54) is 36.6 Å². The predicted octanol–water partition coefficient (Wildman–Crippen LogP) is 3.07. The Morgan fingerprint density at radius 1 is 1.25 bits per heavy atom. The van der Waals surface area contributed by atoms with Crippen LogP contribution in [0.3, 0.4) is 0 Å². The summed E-state index contributed by atoms with van der Waals surface area (Å²) in [5.74, 6) is -0.441. The van der Waals surface area contributed by atoms with Gasteiger partial charge in [0.05, 0.1) is 29.3 Å². The SMILES string of the molecule is N#Cc1ccc(C(=O)CN2C(=O)S/C(=C/c3ccco3)C2=O)cc1. The summed E-state index contributed by atoms with van der Waals surface area (Å²) in [6.07, 6.45) is 2.93. The average molecular weight is 338 g/mol. The Hall–Kier alpha value is -3.11. The van der Waals surface area contributed by atoms with Crippen molar-refractivity contribution in [2.24, 2.45) is 0 Å². The first-order valence-corrected chi connectivity index (χ1v) is 7.72. The maximum Gasteiger partial charge on any atom is 0.293 e. The molecular weight excluding hydrogens is 328 g/mol. The highest BCUT2D eigenvalue weighted by Crippen LogP contribution is 2.32. The lowest BCUT2D eigenvalue weighted by atomic mass is 10.1. The van der Waals surface area contributed by atoms with E-state index in [9.17, 15) is 14.4 Å². The number of furan rings is 1. The Balaban J connectivity index is 1.75. The minimum Gasteiger partial charge on any atom is -0.465 e. The Kier molecular flexibility index (Phi) is 4.31. The van der Waals surface area contributed by atoms with Crippen molar-refractivity contribution < 1.29 is 18.8 Å². The van der Waals surface area contributed by atoms with E-state index in [0.29, 0.717) is 16.9 Å². The predicted molar refractivity (Wildman–Crippen MR) is 86.9 cm³/mol. The average Bonchev–Trinajstić information content (AvgIpc) is 3.19. The number of imide groups is 1. The van der Waals surface area contributed by atoms with Gasteiger partial charge in [0.25, 0.3) is 11.1 Å². The molecule has 6 nitrogen and oxygen atoms in total. The van der Waals surface area contributed by atoms with Crippen molar-refractivity contribution in [3.8, 4) is 6.07 Å². The number of carbonyl (C=O) groups is 3. The molecule has 2 heterocycles. The highest BCUT2D eigenvalue weighted by Gasteiger charge is 2.36. The van der Waals surface area contributed by atoms with Crippen LogP contribution in [-0.2, 0) is 4.79 Å². The van der Waals surface area contributed by atoms with E-state index in [-0.39, 0.29) is 17.2 Å². The molecule has 0 N–H and O–H groups in total. The van der Waals surface area contributed by atoms with Gasteiger partial charge in [0.15, 0.2) is 5.78 Å². The highest BCUT2D eigenvalue weighted by atomic mass is 32.2. The molecule has 24 heavy (non-hydrogen) atoms. The number of nitrogens with zero attached hydrogens (tertiary/aromatic N) is 2. The van der Waals surface area contributed by atoms with Crippen LogP contribution in [0.4, 0.5) is 4.79 Å². The zero-order valence-electron chi connectivity index (χ0n) is 12.3. The summed E-state index contributed by atoms with van der Waals surface area (Å²) in [6, 6.07) is 11.3. The van der Waals surface area contributed by atoms with Crippen molar-refractivity contribution in [3.05, 3.63) is 64.5 Å². The summed E-state index contributed by atoms with van der Waals surface area (Å²) in [5, 5.41) is 8.25. The van der Waals surface area contributed by atoms with Gasteiger partial charge in [0.2, 0.25) is 0 Å². The number of thioether (sulfide) groups is 1. The third-order valence-electron chi connectivity index (χ3n) is 3.33.